The zero-order valence-electron chi connectivity index (χ0n) is 10.6. The summed E-state index contributed by atoms with van der Waals surface area (Å²) < 4.78 is 7.21. The molecule has 102 valence electrons. The Bertz CT molecular complexity index is 544. The molecule has 0 aliphatic carbocycles. The van der Waals surface area contributed by atoms with Crippen LogP contribution < -0.4 is 0 Å². The van der Waals surface area contributed by atoms with Crippen LogP contribution in [0.15, 0.2) is 24.3 Å². The number of alkyl halides is 1. The Morgan fingerprint density at radius 3 is 2.79 bits per heavy atom. The molecule has 0 radical (unpaired) electrons. The van der Waals surface area contributed by atoms with Gasteiger partial charge < -0.3 is 9.30 Å². The monoisotopic (exact) mass is 343 g/mol. The average molecular weight is 345 g/mol. The van der Waals surface area contributed by atoms with Crippen molar-refractivity contribution in [1.29, 1.82) is 0 Å². The molecule has 1 heterocycles. The predicted molar refractivity (Wildman–Crippen MR) is 78.8 cm³/mol. The van der Waals surface area contributed by atoms with Crippen LogP contribution in [0.25, 0.3) is 0 Å². The van der Waals surface area contributed by atoms with Gasteiger partial charge in [0, 0.05) is 25.1 Å². The highest BCUT2D eigenvalue weighted by Crippen LogP contribution is 2.15. The zero-order chi connectivity index (χ0) is 13.7. The Balaban J connectivity index is 2.21. The maximum absolute atomic E-state index is 6.00. The van der Waals surface area contributed by atoms with Gasteiger partial charge in [-0.3, -0.25) is 0 Å². The maximum atomic E-state index is 6.00. The van der Waals surface area contributed by atoms with Gasteiger partial charge in [0.1, 0.15) is 11.6 Å². The van der Waals surface area contributed by atoms with Gasteiger partial charge in [-0.1, -0.05) is 39.7 Å². The third kappa shape index (κ3) is 3.78. The predicted octanol–water partition coefficient (Wildman–Crippen LogP) is 3.06. The second kappa shape index (κ2) is 7.03. The first-order chi connectivity index (χ1) is 9.24. The Kier molecular flexibility index (Phi) is 5.36. The Hall–Kier alpha value is -0.910. The fraction of sp³-hybridized carbons (Fsp3) is 0.385. The smallest absolute Gasteiger partial charge is 0.143 e. The minimum Gasteiger partial charge on any atom is -0.383 e. The van der Waals surface area contributed by atoms with Crippen LogP contribution in [0.2, 0.25) is 5.02 Å². The van der Waals surface area contributed by atoms with Crippen LogP contribution >= 0.6 is 27.5 Å². The first kappa shape index (κ1) is 14.5. The van der Waals surface area contributed by atoms with E-state index in [1.807, 2.05) is 24.3 Å². The van der Waals surface area contributed by atoms with E-state index < -0.39 is 0 Å². The maximum Gasteiger partial charge on any atom is 0.143 e. The van der Waals surface area contributed by atoms with Crippen LogP contribution in [0.1, 0.15) is 17.2 Å². The van der Waals surface area contributed by atoms with E-state index in [1.165, 1.54) is 0 Å². The largest absolute Gasteiger partial charge is 0.383 e. The summed E-state index contributed by atoms with van der Waals surface area (Å²) in [6.45, 7) is 1.39. The molecular formula is C13H15BrClN3O. The molecule has 0 atom stereocenters. The van der Waals surface area contributed by atoms with Gasteiger partial charge in [-0.05, 0) is 17.7 Å². The van der Waals surface area contributed by atoms with Crippen molar-refractivity contribution in [3.63, 3.8) is 0 Å². The molecule has 0 N–H and O–H groups in total. The standard InChI is InChI=1S/C13H15BrClN3O/c1-19-6-5-18-12(16-17-13(18)9-14)8-10-3-2-4-11(15)7-10/h2-4,7H,5-6,8-9H2,1H3. The van der Waals surface area contributed by atoms with Gasteiger partial charge in [-0.25, -0.2) is 0 Å². The van der Waals surface area contributed by atoms with Crippen molar-refractivity contribution in [3.8, 4) is 0 Å². The van der Waals surface area contributed by atoms with Crippen LogP contribution in [-0.2, 0) is 23.0 Å². The molecule has 2 aromatic rings. The number of rotatable bonds is 6. The molecule has 2 rings (SSSR count). The lowest BCUT2D eigenvalue weighted by atomic mass is 10.1. The average Bonchev–Trinajstić information content (AvgIpc) is 2.78. The van der Waals surface area contributed by atoms with Gasteiger partial charge >= 0.3 is 0 Å². The van der Waals surface area contributed by atoms with E-state index in [4.69, 9.17) is 16.3 Å². The zero-order valence-corrected chi connectivity index (χ0v) is 13.0. The van der Waals surface area contributed by atoms with Crippen molar-refractivity contribution < 1.29 is 4.74 Å². The van der Waals surface area contributed by atoms with Crippen LogP contribution in [0.5, 0.6) is 0 Å². The third-order valence-electron chi connectivity index (χ3n) is 2.79. The fourth-order valence-electron chi connectivity index (χ4n) is 1.87. The van der Waals surface area contributed by atoms with Crippen molar-refractivity contribution in [2.75, 3.05) is 13.7 Å². The summed E-state index contributed by atoms with van der Waals surface area (Å²) in [5.74, 6) is 1.84. The molecule has 0 saturated carbocycles. The van der Waals surface area contributed by atoms with E-state index in [0.29, 0.717) is 18.4 Å². The summed E-state index contributed by atoms with van der Waals surface area (Å²) in [6, 6.07) is 7.79. The highest BCUT2D eigenvalue weighted by atomic mass is 79.9. The highest BCUT2D eigenvalue weighted by molar-refractivity contribution is 9.08. The molecule has 0 saturated heterocycles. The van der Waals surface area contributed by atoms with Crippen LogP contribution in [0.4, 0.5) is 0 Å². The second-order valence-electron chi connectivity index (χ2n) is 4.12. The number of benzene rings is 1. The van der Waals surface area contributed by atoms with Crippen molar-refractivity contribution >= 4 is 27.5 Å². The van der Waals surface area contributed by atoms with Gasteiger partial charge in [0.15, 0.2) is 0 Å². The summed E-state index contributed by atoms with van der Waals surface area (Å²) in [6.07, 6.45) is 0.713. The Labute approximate surface area is 125 Å². The number of aromatic nitrogens is 3. The number of nitrogens with zero attached hydrogens (tertiary/aromatic N) is 3. The van der Waals surface area contributed by atoms with Crippen molar-refractivity contribution in [1.82, 2.24) is 14.8 Å². The third-order valence-corrected chi connectivity index (χ3v) is 3.53. The molecule has 1 aromatic heterocycles. The molecule has 0 amide bonds. The number of ether oxygens (including phenoxy) is 1. The topological polar surface area (TPSA) is 39.9 Å². The van der Waals surface area contributed by atoms with Crippen molar-refractivity contribution in [2.24, 2.45) is 0 Å². The summed E-state index contributed by atoms with van der Waals surface area (Å²) in [5, 5.41) is 9.85. The lowest BCUT2D eigenvalue weighted by molar-refractivity contribution is 0.185. The normalized spacial score (nSPS) is 10.9. The lowest BCUT2D eigenvalue weighted by Crippen LogP contribution is -2.11. The van der Waals surface area contributed by atoms with E-state index in [0.717, 1.165) is 28.8 Å². The Morgan fingerprint density at radius 1 is 1.32 bits per heavy atom. The van der Waals surface area contributed by atoms with Crippen LogP contribution in [-0.4, -0.2) is 28.5 Å². The number of methoxy groups -OCH3 is 1. The summed E-state index contributed by atoms with van der Waals surface area (Å²) in [4.78, 5) is 0. The minimum absolute atomic E-state index is 0.639. The molecule has 0 aliphatic heterocycles. The first-order valence-electron chi connectivity index (χ1n) is 5.95. The molecule has 1 aromatic carbocycles. The van der Waals surface area contributed by atoms with Gasteiger partial charge in [0.05, 0.1) is 11.9 Å². The summed E-state index contributed by atoms with van der Waals surface area (Å²) >= 11 is 9.42. The van der Waals surface area contributed by atoms with Gasteiger partial charge in [0.2, 0.25) is 0 Å². The molecule has 0 aliphatic rings. The molecule has 4 nitrogen and oxygen atoms in total. The van der Waals surface area contributed by atoms with Crippen molar-refractivity contribution in [2.45, 2.75) is 18.3 Å². The molecule has 0 fully saturated rings. The van der Waals surface area contributed by atoms with Gasteiger partial charge in [-0.2, -0.15) is 0 Å². The quantitative estimate of drug-likeness (QED) is 0.756. The number of hydrogen-bond donors (Lipinski definition) is 0. The van der Waals surface area contributed by atoms with E-state index in [9.17, 15) is 0 Å². The molecule has 0 spiro atoms. The van der Waals surface area contributed by atoms with E-state index >= 15 is 0 Å². The fourth-order valence-corrected chi connectivity index (χ4v) is 2.50. The molecule has 0 unspecified atom stereocenters. The van der Waals surface area contributed by atoms with E-state index in [-0.39, 0.29) is 0 Å². The minimum atomic E-state index is 0.639. The van der Waals surface area contributed by atoms with Gasteiger partial charge in [-0.15, -0.1) is 10.2 Å². The molecule has 0 bridgehead atoms. The lowest BCUT2D eigenvalue weighted by Gasteiger charge is -2.08. The molecule has 6 heteroatoms. The van der Waals surface area contributed by atoms with Crippen LogP contribution in [0.3, 0.4) is 0 Å². The highest BCUT2D eigenvalue weighted by Gasteiger charge is 2.11. The molecular weight excluding hydrogens is 330 g/mol. The number of halogens is 2. The van der Waals surface area contributed by atoms with E-state index in [1.54, 1.807) is 7.11 Å². The molecule has 19 heavy (non-hydrogen) atoms. The van der Waals surface area contributed by atoms with E-state index in [2.05, 4.69) is 30.7 Å². The summed E-state index contributed by atoms with van der Waals surface area (Å²) in [5.41, 5.74) is 1.12. The summed E-state index contributed by atoms with van der Waals surface area (Å²) in [7, 11) is 1.69. The van der Waals surface area contributed by atoms with Crippen LogP contribution in [0, 0.1) is 0 Å². The van der Waals surface area contributed by atoms with Crippen molar-refractivity contribution in [3.05, 3.63) is 46.5 Å². The van der Waals surface area contributed by atoms with Gasteiger partial charge in [0.25, 0.3) is 0 Å². The SMILES string of the molecule is COCCn1c(CBr)nnc1Cc1cccc(Cl)c1. The first-order valence-corrected chi connectivity index (χ1v) is 7.45. The Morgan fingerprint density at radius 2 is 2.11 bits per heavy atom. The number of hydrogen-bond acceptors (Lipinski definition) is 3. The second-order valence-corrected chi connectivity index (χ2v) is 5.11.